The van der Waals surface area contributed by atoms with Gasteiger partial charge in [-0.15, -0.1) is 0 Å². The molecule has 3 saturated heterocycles. The standard InChI is InChI=1S/C30H30N2O5.BrH/c33-26(21-11-13-24(14-12-21)29(34)35)19-32-17-15-22(16-18-32)27(20-32)37-30(36)28(23-7-3-1-4-8-23)31-25-9-5-2-6-10-25;/h1-14,22,27-28,31H,15-20H2;1H/t22?,27-,28+,32?;/m0./s1. The van der Waals surface area contributed by atoms with E-state index in [1.807, 2.05) is 60.7 Å². The SMILES string of the molecule is O=C(O)c1ccc(C(=O)C[N+]23CCC(CC2)[C@@H](OC(=O)[C@H](Nc2ccccc2)c2ccccc2)C3)cc1.[Br-]. The van der Waals surface area contributed by atoms with Gasteiger partial charge in [-0.2, -0.15) is 0 Å². The molecule has 3 heterocycles. The van der Waals surface area contributed by atoms with Crippen molar-refractivity contribution in [2.24, 2.45) is 5.92 Å². The first-order valence-electron chi connectivity index (χ1n) is 12.7. The molecule has 3 aliphatic rings. The Morgan fingerprint density at radius 1 is 0.868 bits per heavy atom. The molecule has 0 aliphatic carbocycles. The van der Waals surface area contributed by atoms with Gasteiger partial charge in [-0.05, 0) is 29.8 Å². The number of para-hydroxylation sites is 1. The van der Waals surface area contributed by atoms with Crippen LogP contribution in [0.2, 0.25) is 0 Å². The normalized spacial score (nSPS) is 22.5. The summed E-state index contributed by atoms with van der Waals surface area (Å²) in [4.78, 5) is 37.8. The average molecular weight is 579 g/mol. The van der Waals surface area contributed by atoms with Gasteiger partial charge in [0.2, 0.25) is 5.78 Å². The Hall–Kier alpha value is -3.49. The van der Waals surface area contributed by atoms with Gasteiger partial charge < -0.3 is 36.6 Å². The smallest absolute Gasteiger partial charge is 0.335 e. The minimum absolute atomic E-state index is 0. The lowest BCUT2D eigenvalue weighted by Crippen LogP contribution is -3.00. The number of halogens is 1. The Morgan fingerprint density at radius 3 is 2.05 bits per heavy atom. The molecule has 3 aromatic rings. The van der Waals surface area contributed by atoms with Gasteiger partial charge in [0, 0.05) is 30.0 Å². The number of carbonyl (C=O) groups excluding carboxylic acids is 2. The van der Waals surface area contributed by atoms with Crippen LogP contribution >= 0.6 is 0 Å². The summed E-state index contributed by atoms with van der Waals surface area (Å²) in [6.07, 6.45) is 1.57. The first kappa shape index (κ1) is 27.5. The maximum absolute atomic E-state index is 13.5. The van der Waals surface area contributed by atoms with Gasteiger partial charge in [0.15, 0.2) is 12.1 Å². The van der Waals surface area contributed by atoms with Crippen LogP contribution in [0, 0.1) is 5.92 Å². The molecule has 0 saturated carbocycles. The van der Waals surface area contributed by atoms with Gasteiger partial charge >= 0.3 is 11.9 Å². The van der Waals surface area contributed by atoms with Crippen LogP contribution in [0.1, 0.15) is 45.2 Å². The maximum atomic E-state index is 13.5. The zero-order valence-corrected chi connectivity index (χ0v) is 22.5. The lowest BCUT2D eigenvalue weighted by molar-refractivity contribution is -0.938. The zero-order chi connectivity index (χ0) is 25.8. The third kappa shape index (κ3) is 6.14. The monoisotopic (exact) mass is 578 g/mol. The summed E-state index contributed by atoms with van der Waals surface area (Å²) in [6, 6.07) is 24.6. The maximum Gasteiger partial charge on any atom is 0.335 e. The number of fused-ring (bicyclic) bond motifs is 3. The molecule has 3 aromatic carbocycles. The molecule has 3 fully saturated rings. The lowest BCUT2D eigenvalue weighted by Gasteiger charge is -2.51. The fourth-order valence-corrected chi connectivity index (χ4v) is 5.61. The van der Waals surface area contributed by atoms with Crippen LogP contribution in [0.5, 0.6) is 0 Å². The summed E-state index contributed by atoms with van der Waals surface area (Å²) in [5.74, 6) is -1.06. The van der Waals surface area contributed by atoms with Gasteiger partial charge in [-0.3, -0.25) is 4.79 Å². The summed E-state index contributed by atoms with van der Waals surface area (Å²) in [5, 5.41) is 12.5. The molecule has 2 atom stereocenters. The van der Waals surface area contributed by atoms with E-state index in [4.69, 9.17) is 9.84 Å². The number of rotatable bonds is 9. The Balaban J connectivity index is 0.00000336. The van der Waals surface area contributed by atoms with Gasteiger partial charge in [0.05, 0.1) is 18.7 Å². The first-order valence-corrected chi connectivity index (χ1v) is 12.7. The Bertz CT molecular complexity index is 1260. The van der Waals surface area contributed by atoms with Crippen molar-refractivity contribution in [1.29, 1.82) is 0 Å². The third-order valence-corrected chi connectivity index (χ3v) is 7.70. The highest BCUT2D eigenvalue weighted by molar-refractivity contribution is 5.98. The van der Waals surface area contributed by atoms with Gasteiger partial charge in [0.1, 0.15) is 13.1 Å². The number of nitrogens with zero attached hydrogens (tertiary/aromatic N) is 1. The Kier molecular flexibility index (Phi) is 8.64. The van der Waals surface area contributed by atoms with E-state index in [0.29, 0.717) is 29.1 Å². The quantitative estimate of drug-likeness (QED) is 0.227. The Morgan fingerprint density at radius 2 is 1.45 bits per heavy atom. The number of piperidine rings is 3. The number of ketones is 1. The van der Waals surface area contributed by atoms with Crippen molar-refractivity contribution in [2.75, 3.05) is 31.5 Å². The van der Waals surface area contributed by atoms with Crippen molar-refractivity contribution < 1.29 is 45.7 Å². The highest BCUT2D eigenvalue weighted by Gasteiger charge is 2.49. The molecule has 3 aliphatic heterocycles. The Labute approximate surface area is 232 Å². The van der Waals surface area contributed by atoms with E-state index < -0.39 is 12.0 Å². The summed E-state index contributed by atoms with van der Waals surface area (Å²) in [7, 11) is 0. The molecule has 2 bridgehead atoms. The van der Waals surface area contributed by atoms with Crippen molar-refractivity contribution >= 4 is 23.4 Å². The second-order valence-corrected chi connectivity index (χ2v) is 10.1. The van der Waals surface area contributed by atoms with E-state index in [1.165, 1.54) is 12.1 Å². The first-order chi connectivity index (χ1) is 17.9. The van der Waals surface area contributed by atoms with Crippen LogP contribution in [0.3, 0.4) is 0 Å². The van der Waals surface area contributed by atoms with Crippen molar-refractivity contribution in [3.8, 4) is 0 Å². The molecule has 0 aromatic heterocycles. The molecule has 8 heteroatoms. The molecule has 2 N–H and O–H groups in total. The number of carboxylic acids is 1. The van der Waals surface area contributed by atoms with Crippen LogP contribution in [0.15, 0.2) is 84.9 Å². The van der Waals surface area contributed by atoms with Gasteiger partial charge in [-0.25, -0.2) is 9.59 Å². The minimum Gasteiger partial charge on any atom is -1.00 e. The number of nitrogens with one attached hydrogen (secondary N) is 1. The fraction of sp³-hybridized carbons (Fsp3) is 0.300. The summed E-state index contributed by atoms with van der Waals surface area (Å²) in [5.41, 5.74) is 2.34. The van der Waals surface area contributed by atoms with E-state index in [-0.39, 0.29) is 40.4 Å². The van der Waals surface area contributed by atoms with Crippen LogP contribution in [-0.4, -0.2) is 59.6 Å². The number of carbonyl (C=O) groups is 3. The molecule has 6 rings (SSSR count). The molecule has 38 heavy (non-hydrogen) atoms. The molecule has 7 nitrogen and oxygen atoms in total. The van der Waals surface area contributed by atoms with Crippen molar-refractivity contribution in [3.05, 3.63) is 102 Å². The van der Waals surface area contributed by atoms with E-state index in [1.54, 1.807) is 12.1 Å². The van der Waals surface area contributed by atoms with E-state index in [2.05, 4.69) is 5.32 Å². The minimum atomic E-state index is -1.01. The van der Waals surface area contributed by atoms with E-state index >= 15 is 0 Å². The molecule has 198 valence electrons. The summed E-state index contributed by atoms with van der Waals surface area (Å²) < 4.78 is 6.77. The highest BCUT2D eigenvalue weighted by Crippen LogP contribution is 2.36. The number of carboxylic acid groups (broad SMARTS) is 1. The molecule has 0 radical (unpaired) electrons. The summed E-state index contributed by atoms with van der Waals surface area (Å²) in [6.45, 7) is 2.68. The third-order valence-electron chi connectivity index (χ3n) is 7.70. The molecule has 0 unspecified atom stereocenters. The van der Waals surface area contributed by atoms with Gasteiger partial charge in [0.25, 0.3) is 0 Å². The predicted molar refractivity (Wildman–Crippen MR) is 139 cm³/mol. The molecule has 0 amide bonds. The zero-order valence-electron chi connectivity index (χ0n) is 21.0. The number of Topliss-reactive ketones (excluding diaryl/α,β-unsaturated/α-hetero) is 1. The second kappa shape index (κ2) is 11.9. The second-order valence-electron chi connectivity index (χ2n) is 10.1. The topological polar surface area (TPSA) is 92.7 Å². The van der Waals surface area contributed by atoms with Gasteiger partial charge in [-0.1, -0.05) is 60.7 Å². The summed E-state index contributed by atoms with van der Waals surface area (Å²) >= 11 is 0. The van der Waals surface area contributed by atoms with Crippen LogP contribution in [-0.2, 0) is 9.53 Å². The van der Waals surface area contributed by atoms with E-state index in [0.717, 1.165) is 37.2 Å². The predicted octanol–water partition coefficient (Wildman–Crippen LogP) is 1.58. The molecular formula is C30H31BrN2O5. The number of ether oxygens (including phenoxy) is 1. The molecular weight excluding hydrogens is 548 g/mol. The lowest BCUT2D eigenvalue weighted by atomic mass is 9.82. The van der Waals surface area contributed by atoms with Crippen molar-refractivity contribution in [2.45, 2.75) is 25.0 Å². The number of hydrogen-bond donors (Lipinski definition) is 2. The number of benzene rings is 3. The number of anilines is 1. The van der Waals surface area contributed by atoms with Crippen LogP contribution in [0.4, 0.5) is 5.69 Å². The molecule has 0 spiro atoms. The number of quaternary nitrogens is 1. The highest BCUT2D eigenvalue weighted by atomic mass is 79.9. The van der Waals surface area contributed by atoms with Crippen LogP contribution < -0.4 is 22.3 Å². The van der Waals surface area contributed by atoms with Crippen LogP contribution in [0.25, 0.3) is 0 Å². The number of aromatic carboxylic acids is 1. The van der Waals surface area contributed by atoms with Crippen molar-refractivity contribution in [1.82, 2.24) is 0 Å². The number of hydrogen-bond acceptors (Lipinski definition) is 5. The number of esters is 1. The largest absolute Gasteiger partial charge is 1.00 e. The fourth-order valence-electron chi connectivity index (χ4n) is 5.61. The van der Waals surface area contributed by atoms with E-state index in [9.17, 15) is 14.4 Å². The average Bonchev–Trinajstić information content (AvgIpc) is 2.93. The van der Waals surface area contributed by atoms with Crippen molar-refractivity contribution in [3.63, 3.8) is 0 Å².